The normalized spacial score (nSPS) is 14.7. The first-order valence-electron chi connectivity index (χ1n) is 10.2. The van der Waals surface area contributed by atoms with E-state index in [9.17, 15) is 14.4 Å². The number of amides is 1. The van der Waals surface area contributed by atoms with Gasteiger partial charge >= 0.3 is 11.6 Å². The maximum Gasteiger partial charge on any atom is 0.344 e. The van der Waals surface area contributed by atoms with Gasteiger partial charge < -0.3 is 19.4 Å². The van der Waals surface area contributed by atoms with Crippen molar-refractivity contribution in [3.05, 3.63) is 46.8 Å². The summed E-state index contributed by atoms with van der Waals surface area (Å²) in [4.78, 5) is 38.3. The molecular formula is C23H24N2O5. The summed E-state index contributed by atoms with van der Waals surface area (Å²) in [7, 11) is 0. The molecule has 1 aromatic heterocycles. The summed E-state index contributed by atoms with van der Waals surface area (Å²) in [6.45, 7) is 4.16. The van der Waals surface area contributed by atoms with Crippen molar-refractivity contribution in [1.29, 1.82) is 0 Å². The molecule has 1 saturated heterocycles. The average molecular weight is 408 g/mol. The van der Waals surface area contributed by atoms with E-state index in [1.54, 1.807) is 30.3 Å². The number of hydrogen-bond donors (Lipinski definition) is 1. The van der Waals surface area contributed by atoms with Crippen molar-refractivity contribution in [2.75, 3.05) is 25.0 Å². The fourth-order valence-corrected chi connectivity index (χ4v) is 3.89. The minimum Gasteiger partial charge on any atom is -0.427 e. The van der Waals surface area contributed by atoms with Gasteiger partial charge in [0.2, 0.25) is 5.91 Å². The van der Waals surface area contributed by atoms with Crippen LogP contribution in [-0.4, -0.2) is 36.4 Å². The van der Waals surface area contributed by atoms with Gasteiger partial charge in [-0.2, -0.15) is 0 Å². The van der Waals surface area contributed by atoms with E-state index in [0.717, 1.165) is 25.0 Å². The van der Waals surface area contributed by atoms with E-state index >= 15 is 0 Å². The van der Waals surface area contributed by atoms with Crippen molar-refractivity contribution >= 4 is 39.3 Å². The first kappa shape index (κ1) is 20.1. The molecular weight excluding hydrogens is 384 g/mol. The second-order valence-electron chi connectivity index (χ2n) is 7.60. The molecule has 0 bridgehead atoms. The molecule has 0 spiro atoms. The molecule has 1 aliphatic rings. The number of anilines is 1. The highest BCUT2D eigenvalue weighted by molar-refractivity contribution is 6.06. The Morgan fingerprint density at radius 3 is 2.57 bits per heavy atom. The minimum absolute atomic E-state index is 0.0730. The Balaban J connectivity index is 1.54. The highest BCUT2D eigenvalue weighted by Gasteiger charge is 2.13. The van der Waals surface area contributed by atoms with Gasteiger partial charge in [-0.1, -0.05) is 12.5 Å². The molecule has 156 valence electrons. The molecule has 0 atom stereocenters. The molecule has 30 heavy (non-hydrogen) atoms. The van der Waals surface area contributed by atoms with Gasteiger partial charge in [0, 0.05) is 42.4 Å². The first-order chi connectivity index (χ1) is 14.5. The van der Waals surface area contributed by atoms with Crippen molar-refractivity contribution in [3.8, 4) is 5.75 Å². The fraction of sp³-hybridized carbons (Fsp3) is 0.348. The number of ether oxygens (including phenoxy) is 1. The summed E-state index contributed by atoms with van der Waals surface area (Å²) in [5, 5.41) is 4.70. The Hall–Kier alpha value is -3.19. The number of nitrogens with zero attached hydrogens (tertiary/aromatic N) is 1. The van der Waals surface area contributed by atoms with E-state index in [0.29, 0.717) is 34.2 Å². The number of esters is 1. The lowest BCUT2D eigenvalue weighted by atomic mass is 10.1. The Kier molecular flexibility index (Phi) is 5.81. The molecule has 0 aliphatic carbocycles. The average Bonchev–Trinajstić information content (AvgIpc) is 2.73. The summed E-state index contributed by atoms with van der Waals surface area (Å²) in [6.07, 6.45) is 4.07. The lowest BCUT2D eigenvalue weighted by Gasteiger charge is -2.25. The van der Waals surface area contributed by atoms with Crippen LogP contribution in [0.1, 0.15) is 32.6 Å². The highest BCUT2D eigenvalue weighted by atomic mass is 16.5. The molecule has 1 aliphatic heterocycles. The van der Waals surface area contributed by atoms with Crippen molar-refractivity contribution in [1.82, 2.24) is 4.90 Å². The highest BCUT2D eigenvalue weighted by Crippen LogP contribution is 2.28. The summed E-state index contributed by atoms with van der Waals surface area (Å²) in [6, 6.07) is 10.1. The number of benzene rings is 2. The van der Waals surface area contributed by atoms with Crippen LogP contribution in [-0.2, 0) is 9.59 Å². The van der Waals surface area contributed by atoms with E-state index in [-0.39, 0.29) is 5.91 Å². The van der Waals surface area contributed by atoms with E-state index in [1.165, 1.54) is 32.3 Å². The second-order valence-corrected chi connectivity index (χ2v) is 7.60. The van der Waals surface area contributed by atoms with Gasteiger partial charge in [0.25, 0.3) is 0 Å². The topological polar surface area (TPSA) is 88.8 Å². The Bertz CT molecular complexity index is 1160. The summed E-state index contributed by atoms with van der Waals surface area (Å²) in [5.74, 6) is -0.204. The number of likely N-dealkylation sites (tertiary alicyclic amines) is 1. The molecule has 4 rings (SSSR count). The maximum atomic E-state index is 12.5. The van der Waals surface area contributed by atoms with Gasteiger partial charge in [-0.25, -0.2) is 4.79 Å². The molecule has 2 aromatic carbocycles. The molecule has 0 radical (unpaired) electrons. The maximum absolute atomic E-state index is 12.5. The molecule has 0 saturated carbocycles. The molecule has 1 amide bonds. The number of piperidine rings is 1. The summed E-state index contributed by atoms with van der Waals surface area (Å²) < 4.78 is 10.5. The lowest BCUT2D eigenvalue weighted by molar-refractivity contribution is -0.131. The standard InChI is InChI=1S/C23H24N2O5/c1-15(26)29-17-6-8-19-18-7-5-16(13-20(18)23(28)30-21(19)14-17)24-22(27)9-12-25-10-3-2-4-11-25/h5-8,13-14H,2-4,9-12H2,1H3,(H,24,27). The Morgan fingerprint density at radius 1 is 1.03 bits per heavy atom. The van der Waals surface area contributed by atoms with Gasteiger partial charge in [0.15, 0.2) is 0 Å². The van der Waals surface area contributed by atoms with Crippen LogP contribution < -0.4 is 15.7 Å². The van der Waals surface area contributed by atoms with Gasteiger partial charge in [0.1, 0.15) is 11.3 Å². The number of rotatable bonds is 5. The fourth-order valence-electron chi connectivity index (χ4n) is 3.89. The van der Waals surface area contributed by atoms with Crippen molar-refractivity contribution < 1.29 is 18.7 Å². The van der Waals surface area contributed by atoms with Gasteiger partial charge in [0.05, 0.1) is 5.39 Å². The van der Waals surface area contributed by atoms with Crippen LogP contribution in [0.3, 0.4) is 0 Å². The Labute approximate surface area is 173 Å². The third-order valence-corrected chi connectivity index (χ3v) is 5.33. The number of fused-ring (bicyclic) bond motifs is 3. The monoisotopic (exact) mass is 408 g/mol. The molecule has 2 heterocycles. The Morgan fingerprint density at radius 2 is 1.80 bits per heavy atom. The minimum atomic E-state index is -0.512. The smallest absolute Gasteiger partial charge is 0.344 e. The first-order valence-corrected chi connectivity index (χ1v) is 10.2. The van der Waals surface area contributed by atoms with Crippen LogP contribution >= 0.6 is 0 Å². The lowest BCUT2D eigenvalue weighted by Crippen LogP contribution is -2.32. The number of hydrogen-bond acceptors (Lipinski definition) is 6. The SMILES string of the molecule is CC(=O)Oc1ccc2c(c1)oc(=O)c1cc(NC(=O)CCN3CCCCC3)ccc12. The zero-order valence-corrected chi connectivity index (χ0v) is 16.9. The summed E-state index contributed by atoms with van der Waals surface area (Å²) >= 11 is 0. The van der Waals surface area contributed by atoms with Gasteiger partial charge in [-0.3, -0.25) is 9.59 Å². The molecule has 1 fully saturated rings. The number of nitrogens with one attached hydrogen (secondary N) is 1. The van der Waals surface area contributed by atoms with Gasteiger partial charge in [-0.05, 0) is 50.2 Å². The van der Waals surface area contributed by atoms with E-state index in [2.05, 4.69) is 10.2 Å². The van der Waals surface area contributed by atoms with Crippen LogP contribution in [0.5, 0.6) is 5.75 Å². The third kappa shape index (κ3) is 4.52. The van der Waals surface area contributed by atoms with Crippen LogP contribution in [0.25, 0.3) is 21.7 Å². The zero-order valence-electron chi connectivity index (χ0n) is 16.9. The largest absolute Gasteiger partial charge is 0.427 e. The van der Waals surface area contributed by atoms with Crippen molar-refractivity contribution in [3.63, 3.8) is 0 Å². The van der Waals surface area contributed by atoms with Crippen LogP contribution in [0, 0.1) is 0 Å². The predicted octanol–water partition coefficient (Wildman–Crippen LogP) is 3.69. The van der Waals surface area contributed by atoms with Crippen LogP contribution in [0.2, 0.25) is 0 Å². The van der Waals surface area contributed by atoms with Crippen molar-refractivity contribution in [2.45, 2.75) is 32.6 Å². The molecule has 0 unspecified atom stereocenters. The van der Waals surface area contributed by atoms with E-state index < -0.39 is 11.6 Å². The van der Waals surface area contributed by atoms with Crippen LogP contribution in [0.15, 0.2) is 45.6 Å². The van der Waals surface area contributed by atoms with Crippen LogP contribution in [0.4, 0.5) is 5.69 Å². The molecule has 7 nitrogen and oxygen atoms in total. The molecule has 1 N–H and O–H groups in total. The third-order valence-electron chi connectivity index (χ3n) is 5.33. The number of carbonyl (C=O) groups excluding carboxylic acids is 2. The summed E-state index contributed by atoms with van der Waals surface area (Å²) in [5.41, 5.74) is 0.390. The zero-order chi connectivity index (χ0) is 21.1. The number of carbonyl (C=O) groups is 2. The quantitative estimate of drug-likeness (QED) is 0.300. The van der Waals surface area contributed by atoms with E-state index in [4.69, 9.17) is 9.15 Å². The van der Waals surface area contributed by atoms with Gasteiger partial charge in [-0.15, -0.1) is 0 Å². The van der Waals surface area contributed by atoms with E-state index in [1.807, 2.05) is 0 Å². The predicted molar refractivity (Wildman–Crippen MR) is 115 cm³/mol. The molecule has 3 aromatic rings. The molecule has 7 heteroatoms. The second kappa shape index (κ2) is 8.67. The van der Waals surface area contributed by atoms with Crippen molar-refractivity contribution in [2.24, 2.45) is 0 Å².